The molecule has 6 nitrogen and oxygen atoms in total. The van der Waals surface area contributed by atoms with Gasteiger partial charge in [-0.25, -0.2) is 0 Å². The zero-order valence-corrected chi connectivity index (χ0v) is 13.6. The van der Waals surface area contributed by atoms with Crippen LogP contribution in [-0.4, -0.2) is 41.4 Å². The van der Waals surface area contributed by atoms with Crippen molar-refractivity contribution < 1.29 is 9.72 Å². The smallest absolute Gasteiger partial charge is 0.271 e. The number of nitro groups is 1. The molecule has 0 spiro atoms. The van der Waals surface area contributed by atoms with Crippen LogP contribution >= 0.6 is 11.6 Å². The molecule has 1 aliphatic heterocycles. The second kappa shape index (κ2) is 6.84. The number of nitro benzene ring substituents is 1. The van der Waals surface area contributed by atoms with Gasteiger partial charge in [0.25, 0.3) is 11.6 Å². The molecule has 1 aliphatic carbocycles. The van der Waals surface area contributed by atoms with Crippen LogP contribution < -0.4 is 5.32 Å². The Kier molecular flexibility index (Phi) is 4.82. The number of piperidine rings is 1. The first-order valence-corrected chi connectivity index (χ1v) is 8.38. The van der Waals surface area contributed by atoms with Crippen LogP contribution in [0.5, 0.6) is 0 Å². The van der Waals surface area contributed by atoms with Gasteiger partial charge in [0, 0.05) is 41.9 Å². The lowest BCUT2D eigenvalue weighted by Crippen LogP contribution is -2.45. The molecule has 1 aromatic rings. The minimum Gasteiger partial charge on any atom is -0.339 e. The van der Waals surface area contributed by atoms with Crippen LogP contribution in [-0.2, 0) is 0 Å². The number of carbonyl (C=O) groups is 1. The van der Waals surface area contributed by atoms with E-state index in [9.17, 15) is 14.9 Å². The zero-order valence-electron chi connectivity index (χ0n) is 12.8. The summed E-state index contributed by atoms with van der Waals surface area (Å²) in [6, 6.07) is 4.51. The number of carbonyl (C=O) groups excluding carboxylic acids is 1. The van der Waals surface area contributed by atoms with Gasteiger partial charge in [-0.3, -0.25) is 14.9 Å². The highest BCUT2D eigenvalue weighted by molar-refractivity contribution is 6.31. The summed E-state index contributed by atoms with van der Waals surface area (Å²) in [5.41, 5.74) is 0.135. The second-order valence-electron chi connectivity index (χ2n) is 6.37. The summed E-state index contributed by atoms with van der Waals surface area (Å²) >= 11 is 5.89. The van der Waals surface area contributed by atoms with E-state index >= 15 is 0 Å². The summed E-state index contributed by atoms with van der Waals surface area (Å²) in [6.07, 6.45) is 4.50. The van der Waals surface area contributed by atoms with Crippen LogP contribution in [0.1, 0.15) is 36.0 Å². The lowest BCUT2D eigenvalue weighted by atomic mass is 10.0. The Morgan fingerprint density at radius 3 is 2.57 bits per heavy atom. The van der Waals surface area contributed by atoms with Gasteiger partial charge in [-0.1, -0.05) is 11.6 Å². The molecule has 0 bridgehead atoms. The first-order chi connectivity index (χ1) is 11.0. The highest BCUT2D eigenvalue weighted by Gasteiger charge is 2.27. The third-order valence-electron chi connectivity index (χ3n) is 4.51. The molecule has 0 aromatic heterocycles. The quantitative estimate of drug-likeness (QED) is 0.662. The maximum Gasteiger partial charge on any atom is 0.271 e. The van der Waals surface area contributed by atoms with E-state index in [1.807, 2.05) is 0 Å². The molecule has 124 valence electrons. The minimum atomic E-state index is -0.531. The van der Waals surface area contributed by atoms with E-state index in [0.29, 0.717) is 19.1 Å². The molecule has 23 heavy (non-hydrogen) atoms. The lowest BCUT2D eigenvalue weighted by Gasteiger charge is -2.32. The monoisotopic (exact) mass is 337 g/mol. The average Bonchev–Trinajstić information content (AvgIpc) is 3.36. The molecule has 1 aromatic carbocycles. The minimum absolute atomic E-state index is 0.151. The summed E-state index contributed by atoms with van der Waals surface area (Å²) < 4.78 is 0. The number of non-ortho nitro benzene ring substituents is 1. The van der Waals surface area contributed by atoms with Crippen LogP contribution in [0.15, 0.2) is 18.2 Å². The van der Waals surface area contributed by atoms with Gasteiger partial charge in [-0.05, 0) is 44.2 Å². The molecular weight excluding hydrogens is 318 g/mol. The Labute approximate surface area is 139 Å². The molecule has 1 heterocycles. The lowest BCUT2D eigenvalue weighted by molar-refractivity contribution is -0.384. The fourth-order valence-electron chi connectivity index (χ4n) is 2.93. The van der Waals surface area contributed by atoms with Crippen molar-refractivity contribution in [2.24, 2.45) is 5.92 Å². The molecule has 2 fully saturated rings. The number of nitrogens with one attached hydrogen (secondary N) is 1. The number of nitrogens with zero attached hydrogens (tertiary/aromatic N) is 2. The SMILES string of the molecule is O=C(c1cc(Cl)cc([N+](=O)[O-])c1)N1CCC(NCC2CC2)CC1. The Morgan fingerprint density at radius 1 is 1.26 bits per heavy atom. The van der Waals surface area contributed by atoms with Crippen molar-refractivity contribution >= 4 is 23.2 Å². The summed E-state index contributed by atoms with van der Waals surface area (Å²) in [6.45, 7) is 2.42. The standard InChI is InChI=1S/C16H20ClN3O3/c17-13-7-12(8-15(9-13)20(22)23)16(21)19-5-3-14(4-6-19)18-10-11-1-2-11/h7-9,11,14,18H,1-6,10H2. The number of rotatable bonds is 5. The van der Waals surface area contributed by atoms with Crippen molar-refractivity contribution in [2.45, 2.75) is 31.7 Å². The predicted molar refractivity (Wildman–Crippen MR) is 87.8 cm³/mol. The Balaban J connectivity index is 1.59. The summed E-state index contributed by atoms with van der Waals surface area (Å²) in [7, 11) is 0. The molecular formula is C16H20ClN3O3. The van der Waals surface area contributed by atoms with E-state index in [-0.39, 0.29) is 22.2 Å². The van der Waals surface area contributed by atoms with Gasteiger partial charge in [-0.2, -0.15) is 0 Å². The van der Waals surface area contributed by atoms with Gasteiger partial charge in [0.05, 0.1) is 4.92 Å². The molecule has 0 atom stereocenters. The average molecular weight is 338 g/mol. The molecule has 3 rings (SSSR count). The maximum absolute atomic E-state index is 12.5. The molecule has 0 radical (unpaired) electrons. The van der Waals surface area contributed by atoms with Crippen molar-refractivity contribution in [3.63, 3.8) is 0 Å². The first kappa shape index (κ1) is 16.2. The Morgan fingerprint density at radius 2 is 1.96 bits per heavy atom. The summed E-state index contributed by atoms with van der Waals surface area (Å²) in [4.78, 5) is 24.7. The number of hydrogen-bond acceptors (Lipinski definition) is 4. The number of likely N-dealkylation sites (tertiary alicyclic amines) is 1. The van der Waals surface area contributed by atoms with E-state index in [4.69, 9.17) is 11.6 Å². The Bertz CT molecular complexity index is 611. The number of benzene rings is 1. The molecule has 1 saturated carbocycles. The highest BCUT2D eigenvalue weighted by Crippen LogP contribution is 2.28. The Hall–Kier alpha value is -1.66. The number of hydrogen-bond donors (Lipinski definition) is 1. The van der Waals surface area contributed by atoms with E-state index in [0.717, 1.165) is 25.3 Å². The van der Waals surface area contributed by atoms with Crippen LogP contribution in [0.3, 0.4) is 0 Å². The third kappa shape index (κ3) is 4.20. The first-order valence-electron chi connectivity index (χ1n) is 8.00. The molecule has 1 saturated heterocycles. The molecule has 1 N–H and O–H groups in total. The largest absolute Gasteiger partial charge is 0.339 e. The predicted octanol–water partition coefficient (Wildman–Crippen LogP) is 2.85. The molecule has 7 heteroatoms. The van der Waals surface area contributed by atoms with Gasteiger partial charge >= 0.3 is 0 Å². The topological polar surface area (TPSA) is 75.5 Å². The fourth-order valence-corrected chi connectivity index (χ4v) is 3.16. The van der Waals surface area contributed by atoms with E-state index in [1.165, 1.54) is 31.0 Å². The van der Waals surface area contributed by atoms with Gasteiger partial charge in [0.1, 0.15) is 0 Å². The third-order valence-corrected chi connectivity index (χ3v) is 4.73. The molecule has 0 unspecified atom stereocenters. The van der Waals surface area contributed by atoms with Crippen LogP contribution in [0.2, 0.25) is 5.02 Å². The summed E-state index contributed by atoms with van der Waals surface area (Å²) in [5, 5.41) is 14.7. The van der Waals surface area contributed by atoms with Crippen LogP contribution in [0.4, 0.5) is 5.69 Å². The van der Waals surface area contributed by atoms with E-state index in [2.05, 4.69) is 5.32 Å². The van der Waals surface area contributed by atoms with Crippen molar-refractivity contribution in [1.29, 1.82) is 0 Å². The maximum atomic E-state index is 12.5. The van der Waals surface area contributed by atoms with Crippen molar-refractivity contribution in [3.05, 3.63) is 38.9 Å². The van der Waals surface area contributed by atoms with E-state index < -0.39 is 4.92 Å². The fraction of sp³-hybridized carbons (Fsp3) is 0.562. The normalized spacial score (nSPS) is 18.9. The van der Waals surface area contributed by atoms with Gasteiger partial charge < -0.3 is 10.2 Å². The van der Waals surface area contributed by atoms with Crippen molar-refractivity contribution in [1.82, 2.24) is 10.2 Å². The van der Waals surface area contributed by atoms with Crippen LogP contribution in [0, 0.1) is 16.0 Å². The number of amides is 1. The van der Waals surface area contributed by atoms with Gasteiger partial charge in [0.2, 0.25) is 0 Å². The van der Waals surface area contributed by atoms with E-state index in [1.54, 1.807) is 4.90 Å². The van der Waals surface area contributed by atoms with Gasteiger partial charge in [-0.15, -0.1) is 0 Å². The van der Waals surface area contributed by atoms with Crippen molar-refractivity contribution in [2.75, 3.05) is 19.6 Å². The zero-order chi connectivity index (χ0) is 16.4. The summed E-state index contributed by atoms with van der Waals surface area (Å²) in [5.74, 6) is 0.665. The van der Waals surface area contributed by atoms with Gasteiger partial charge in [0.15, 0.2) is 0 Å². The van der Waals surface area contributed by atoms with Crippen molar-refractivity contribution in [3.8, 4) is 0 Å². The van der Waals surface area contributed by atoms with Crippen LogP contribution in [0.25, 0.3) is 0 Å². The number of halogens is 1. The molecule has 2 aliphatic rings. The highest BCUT2D eigenvalue weighted by atomic mass is 35.5. The second-order valence-corrected chi connectivity index (χ2v) is 6.81. The molecule has 1 amide bonds.